The number of imidazole rings is 1. The van der Waals surface area contributed by atoms with Gasteiger partial charge in [0.05, 0.1) is 11.4 Å². The van der Waals surface area contributed by atoms with Gasteiger partial charge in [0.15, 0.2) is 0 Å². The first-order valence-corrected chi connectivity index (χ1v) is 9.07. The molecule has 152 valence electrons. The Balaban J connectivity index is 0.000000353. The van der Waals surface area contributed by atoms with E-state index in [1.807, 2.05) is 24.4 Å². The van der Waals surface area contributed by atoms with Crippen LogP contribution in [-0.4, -0.2) is 62.6 Å². The molecule has 0 atom stereocenters. The second-order valence-electron chi connectivity index (χ2n) is 6.48. The molecule has 1 aromatic carbocycles. The predicted octanol–water partition coefficient (Wildman–Crippen LogP) is 1.70. The monoisotopic (exact) mass is 400 g/mol. The van der Waals surface area contributed by atoms with Crippen molar-refractivity contribution in [2.45, 2.75) is 6.54 Å². The molecule has 0 spiro atoms. The van der Waals surface area contributed by atoms with Crippen LogP contribution in [-0.2, 0) is 16.1 Å². The van der Waals surface area contributed by atoms with E-state index in [9.17, 15) is 4.39 Å². The fourth-order valence-electron chi connectivity index (χ4n) is 3.12. The maximum absolute atomic E-state index is 13.2. The molecule has 0 amide bonds. The Bertz CT molecular complexity index is 985. The smallest absolute Gasteiger partial charge is 0.414 e. The van der Waals surface area contributed by atoms with Crippen LogP contribution in [0.3, 0.4) is 0 Å². The van der Waals surface area contributed by atoms with Crippen molar-refractivity contribution in [3.8, 4) is 11.3 Å². The Morgan fingerprint density at radius 2 is 1.69 bits per heavy atom. The number of hydrogen-bond donors (Lipinski definition) is 3. The minimum absolute atomic E-state index is 0.221. The largest absolute Gasteiger partial charge is 0.473 e. The van der Waals surface area contributed by atoms with E-state index in [2.05, 4.69) is 14.6 Å². The van der Waals surface area contributed by atoms with Crippen LogP contribution in [0.4, 0.5) is 4.39 Å². The van der Waals surface area contributed by atoms with Gasteiger partial charge in [0.1, 0.15) is 11.5 Å². The molecule has 1 aliphatic heterocycles. The number of carboxylic acid groups (broad SMARTS) is 2. The number of hydrogen-bond acceptors (Lipinski definition) is 5. The number of carboxylic acids is 2. The van der Waals surface area contributed by atoms with Crippen LogP contribution in [0.5, 0.6) is 0 Å². The normalized spacial score (nSPS) is 14.2. The first-order valence-electron chi connectivity index (χ1n) is 9.07. The van der Waals surface area contributed by atoms with Crippen LogP contribution in [0.15, 0.2) is 48.7 Å². The highest BCUT2D eigenvalue weighted by atomic mass is 19.1. The van der Waals surface area contributed by atoms with Gasteiger partial charge in [-0.3, -0.25) is 4.90 Å². The van der Waals surface area contributed by atoms with E-state index in [0.29, 0.717) is 0 Å². The quantitative estimate of drug-likeness (QED) is 0.575. The molecule has 9 heteroatoms. The third-order valence-corrected chi connectivity index (χ3v) is 4.51. The molecule has 3 heterocycles. The minimum Gasteiger partial charge on any atom is -0.473 e. The van der Waals surface area contributed by atoms with Gasteiger partial charge in [0, 0.05) is 44.5 Å². The van der Waals surface area contributed by atoms with Gasteiger partial charge in [0.2, 0.25) is 0 Å². The van der Waals surface area contributed by atoms with E-state index in [1.165, 1.54) is 12.1 Å². The van der Waals surface area contributed by atoms with Gasteiger partial charge in [-0.1, -0.05) is 6.07 Å². The molecule has 1 saturated heterocycles. The van der Waals surface area contributed by atoms with Crippen molar-refractivity contribution in [1.82, 2.24) is 19.6 Å². The zero-order valence-corrected chi connectivity index (χ0v) is 15.6. The molecule has 0 unspecified atom stereocenters. The van der Waals surface area contributed by atoms with Crippen LogP contribution in [0.1, 0.15) is 5.69 Å². The van der Waals surface area contributed by atoms with Crippen LogP contribution in [0, 0.1) is 5.82 Å². The maximum atomic E-state index is 13.2. The molecule has 3 aromatic rings. The van der Waals surface area contributed by atoms with Gasteiger partial charge in [-0.15, -0.1) is 0 Å². The molecule has 0 radical (unpaired) electrons. The number of aromatic nitrogens is 2. The van der Waals surface area contributed by atoms with E-state index >= 15 is 0 Å². The van der Waals surface area contributed by atoms with Crippen LogP contribution < -0.4 is 5.32 Å². The summed E-state index contributed by atoms with van der Waals surface area (Å²) in [5, 5.41) is 18.2. The predicted molar refractivity (Wildman–Crippen MR) is 104 cm³/mol. The Labute approximate surface area is 166 Å². The molecule has 0 bridgehead atoms. The summed E-state index contributed by atoms with van der Waals surface area (Å²) in [5.41, 5.74) is 3.99. The molecule has 3 N–H and O–H groups in total. The summed E-state index contributed by atoms with van der Waals surface area (Å²) in [6.45, 7) is 4.94. The average Bonchev–Trinajstić information content (AvgIpc) is 3.08. The Morgan fingerprint density at radius 1 is 1.03 bits per heavy atom. The zero-order valence-electron chi connectivity index (χ0n) is 15.6. The number of fused-ring (bicyclic) bond motifs is 1. The number of rotatable bonds is 3. The summed E-state index contributed by atoms with van der Waals surface area (Å²) in [4.78, 5) is 25.4. The third kappa shape index (κ3) is 5.15. The van der Waals surface area contributed by atoms with Crippen molar-refractivity contribution in [2.75, 3.05) is 26.2 Å². The van der Waals surface area contributed by atoms with Gasteiger partial charge < -0.3 is 19.9 Å². The van der Waals surface area contributed by atoms with E-state index in [0.717, 1.165) is 55.3 Å². The number of nitrogens with zero attached hydrogens (tertiary/aromatic N) is 3. The molecular weight excluding hydrogens is 379 g/mol. The molecule has 29 heavy (non-hydrogen) atoms. The van der Waals surface area contributed by atoms with E-state index in [-0.39, 0.29) is 5.82 Å². The highest BCUT2D eigenvalue weighted by molar-refractivity contribution is 6.27. The molecule has 8 nitrogen and oxygen atoms in total. The molecule has 4 rings (SSSR count). The van der Waals surface area contributed by atoms with E-state index in [1.54, 1.807) is 12.1 Å². The first kappa shape index (κ1) is 20.4. The Kier molecular flexibility index (Phi) is 6.53. The SMILES string of the molecule is Fc1ccc(-c2nc3ccccn3c2CN2CCNCC2)cc1.O=C(O)C(=O)O. The number of halogens is 1. The molecule has 1 aliphatic rings. The second-order valence-corrected chi connectivity index (χ2v) is 6.48. The van der Waals surface area contributed by atoms with E-state index in [4.69, 9.17) is 24.8 Å². The summed E-state index contributed by atoms with van der Waals surface area (Å²) in [6.07, 6.45) is 2.05. The third-order valence-electron chi connectivity index (χ3n) is 4.51. The van der Waals surface area contributed by atoms with Crippen molar-refractivity contribution in [3.63, 3.8) is 0 Å². The number of nitrogens with one attached hydrogen (secondary N) is 1. The molecule has 2 aromatic heterocycles. The fourth-order valence-corrected chi connectivity index (χ4v) is 3.12. The Hall–Kier alpha value is -3.30. The van der Waals surface area contributed by atoms with Crippen molar-refractivity contribution < 1.29 is 24.2 Å². The van der Waals surface area contributed by atoms with Crippen LogP contribution >= 0.6 is 0 Å². The summed E-state index contributed by atoms with van der Waals surface area (Å²) in [6, 6.07) is 12.6. The van der Waals surface area contributed by atoms with Crippen molar-refractivity contribution in [1.29, 1.82) is 0 Å². The molecule has 0 saturated carbocycles. The summed E-state index contributed by atoms with van der Waals surface area (Å²) < 4.78 is 15.4. The van der Waals surface area contributed by atoms with E-state index < -0.39 is 11.9 Å². The highest BCUT2D eigenvalue weighted by Crippen LogP contribution is 2.26. The number of aliphatic carboxylic acids is 2. The van der Waals surface area contributed by atoms with Crippen molar-refractivity contribution >= 4 is 17.6 Å². The Morgan fingerprint density at radius 3 is 2.31 bits per heavy atom. The molecule has 0 aliphatic carbocycles. The van der Waals surface area contributed by atoms with Gasteiger partial charge in [-0.2, -0.15) is 0 Å². The molecule has 1 fully saturated rings. The fraction of sp³-hybridized carbons (Fsp3) is 0.250. The maximum Gasteiger partial charge on any atom is 0.414 e. The second kappa shape index (κ2) is 9.26. The first-order chi connectivity index (χ1) is 14.0. The lowest BCUT2D eigenvalue weighted by Crippen LogP contribution is -2.43. The minimum atomic E-state index is -1.82. The van der Waals surface area contributed by atoms with Crippen LogP contribution in [0.25, 0.3) is 16.9 Å². The lowest BCUT2D eigenvalue weighted by molar-refractivity contribution is -0.159. The summed E-state index contributed by atoms with van der Waals surface area (Å²) in [5.74, 6) is -3.87. The lowest BCUT2D eigenvalue weighted by Gasteiger charge is -2.27. The number of benzene rings is 1. The lowest BCUT2D eigenvalue weighted by atomic mass is 10.1. The van der Waals surface area contributed by atoms with Gasteiger partial charge in [0.25, 0.3) is 0 Å². The van der Waals surface area contributed by atoms with Crippen molar-refractivity contribution in [3.05, 3.63) is 60.2 Å². The highest BCUT2D eigenvalue weighted by Gasteiger charge is 2.18. The van der Waals surface area contributed by atoms with Gasteiger partial charge in [-0.05, 0) is 36.4 Å². The standard InChI is InChI=1S/C18H19FN4.C2H2O4/c19-15-6-4-14(5-7-15)18-16(13-22-11-8-20-9-12-22)23-10-2-1-3-17(23)21-18;3-1(4)2(5)6/h1-7,10,20H,8-9,11-13H2;(H,3,4)(H,5,6). The summed E-state index contributed by atoms with van der Waals surface area (Å²) in [7, 11) is 0. The topological polar surface area (TPSA) is 107 Å². The number of pyridine rings is 1. The average molecular weight is 400 g/mol. The zero-order chi connectivity index (χ0) is 20.8. The van der Waals surface area contributed by atoms with Crippen molar-refractivity contribution in [2.24, 2.45) is 0 Å². The van der Waals surface area contributed by atoms with Crippen LogP contribution in [0.2, 0.25) is 0 Å². The molecular formula is C20H21FN4O4. The van der Waals surface area contributed by atoms with Gasteiger partial charge >= 0.3 is 11.9 Å². The summed E-state index contributed by atoms with van der Waals surface area (Å²) >= 11 is 0. The number of carbonyl (C=O) groups is 2. The number of piperazine rings is 1. The van der Waals surface area contributed by atoms with Gasteiger partial charge in [-0.25, -0.2) is 19.0 Å².